The molecule has 0 aromatic heterocycles. The highest BCUT2D eigenvalue weighted by molar-refractivity contribution is 7.89. The SMILES string of the molecule is CC(C)N1CCC(NCCS(=O)(=O)N(C)C)C1. The Hall–Kier alpha value is -0.170. The average Bonchev–Trinajstić information content (AvgIpc) is 2.66. The van der Waals surface area contributed by atoms with Crippen molar-refractivity contribution in [3.8, 4) is 0 Å². The van der Waals surface area contributed by atoms with Crippen molar-refractivity contribution in [2.75, 3.05) is 39.5 Å². The fourth-order valence-electron chi connectivity index (χ4n) is 2.00. The lowest BCUT2D eigenvalue weighted by Gasteiger charge is -2.20. The van der Waals surface area contributed by atoms with Crippen LogP contribution in [0.1, 0.15) is 20.3 Å². The van der Waals surface area contributed by atoms with E-state index in [9.17, 15) is 8.42 Å². The summed E-state index contributed by atoms with van der Waals surface area (Å²) >= 11 is 0. The van der Waals surface area contributed by atoms with Gasteiger partial charge in [0.2, 0.25) is 10.0 Å². The molecule has 0 spiro atoms. The molecule has 5 nitrogen and oxygen atoms in total. The monoisotopic (exact) mass is 263 g/mol. The van der Waals surface area contributed by atoms with Crippen LogP contribution in [-0.2, 0) is 10.0 Å². The van der Waals surface area contributed by atoms with E-state index in [1.54, 1.807) is 14.1 Å². The molecule has 1 aliphatic rings. The van der Waals surface area contributed by atoms with Gasteiger partial charge in [0.1, 0.15) is 0 Å². The number of sulfonamides is 1. The van der Waals surface area contributed by atoms with E-state index in [4.69, 9.17) is 0 Å². The van der Waals surface area contributed by atoms with Gasteiger partial charge in [-0.05, 0) is 26.8 Å². The first-order chi connectivity index (χ1) is 7.83. The first-order valence-electron chi connectivity index (χ1n) is 6.20. The van der Waals surface area contributed by atoms with E-state index in [2.05, 4.69) is 24.1 Å². The molecule has 1 rings (SSSR count). The minimum Gasteiger partial charge on any atom is -0.312 e. The zero-order valence-electron chi connectivity index (χ0n) is 11.3. The van der Waals surface area contributed by atoms with Gasteiger partial charge in [-0.25, -0.2) is 12.7 Å². The zero-order valence-corrected chi connectivity index (χ0v) is 12.1. The summed E-state index contributed by atoms with van der Waals surface area (Å²) in [5, 5.41) is 3.33. The summed E-state index contributed by atoms with van der Waals surface area (Å²) in [5.41, 5.74) is 0. The van der Waals surface area contributed by atoms with Crippen molar-refractivity contribution in [1.82, 2.24) is 14.5 Å². The number of nitrogens with one attached hydrogen (secondary N) is 1. The molecule has 1 atom stereocenters. The van der Waals surface area contributed by atoms with Gasteiger partial charge in [-0.2, -0.15) is 0 Å². The first-order valence-corrected chi connectivity index (χ1v) is 7.81. The van der Waals surface area contributed by atoms with Crippen LogP contribution in [0.15, 0.2) is 0 Å². The van der Waals surface area contributed by atoms with Crippen LogP contribution >= 0.6 is 0 Å². The van der Waals surface area contributed by atoms with Crippen molar-refractivity contribution in [2.24, 2.45) is 0 Å². The van der Waals surface area contributed by atoms with Crippen LogP contribution in [0.2, 0.25) is 0 Å². The Bertz CT molecular complexity index is 328. The first kappa shape index (κ1) is 14.9. The molecule has 1 N–H and O–H groups in total. The molecular formula is C11H25N3O2S. The number of rotatable bonds is 6. The molecule has 0 bridgehead atoms. The lowest BCUT2D eigenvalue weighted by atomic mass is 10.3. The van der Waals surface area contributed by atoms with Gasteiger partial charge in [0, 0.05) is 39.3 Å². The van der Waals surface area contributed by atoms with Crippen molar-refractivity contribution in [3.63, 3.8) is 0 Å². The molecule has 1 unspecified atom stereocenters. The van der Waals surface area contributed by atoms with Crippen molar-refractivity contribution >= 4 is 10.0 Å². The number of hydrogen-bond acceptors (Lipinski definition) is 4. The number of hydrogen-bond donors (Lipinski definition) is 1. The maximum absolute atomic E-state index is 11.6. The lowest BCUT2D eigenvalue weighted by molar-refractivity contribution is 0.268. The van der Waals surface area contributed by atoms with Crippen LogP contribution in [0, 0.1) is 0 Å². The molecule has 0 aliphatic carbocycles. The van der Waals surface area contributed by atoms with Crippen LogP contribution in [0.25, 0.3) is 0 Å². The zero-order chi connectivity index (χ0) is 13.1. The van der Waals surface area contributed by atoms with Gasteiger partial charge in [-0.3, -0.25) is 4.90 Å². The second-order valence-corrected chi connectivity index (χ2v) is 7.43. The van der Waals surface area contributed by atoms with E-state index in [0.717, 1.165) is 19.5 Å². The smallest absolute Gasteiger partial charge is 0.214 e. The Morgan fingerprint density at radius 2 is 2.06 bits per heavy atom. The van der Waals surface area contributed by atoms with Gasteiger partial charge in [0.25, 0.3) is 0 Å². The third kappa shape index (κ3) is 4.54. The van der Waals surface area contributed by atoms with Gasteiger partial charge in [0.15, 0.2) is 0 Å². The van der Waals surface area contributed by atoms with Crippen LogP contribution < -0.4 is 5.32 Å². The predicted molar refractivity (Wildman–Crippen MR) is 70.6 cm³/mol. The maximum atomic E-state index is 11.6. The average molecular weight is 263 g/mol. The van der Waals surface area contributed by atoms with E-state index in [1.807, 2.05) is 0 Å². The molecule has 1 fully saturated rings. The van der Waals surface area contributed by atoms with Gasteiger partial charge in [0.05, 0.1) is 5.75 Å². The van der Waals surface area contributed by atoms with Crippen LogP contribution in [0.4, 0.5) is 0 Å². The minimum absolute atomic E-state index is 0.179. The van der Waals surface area contributed by atoms with Crippen molar-refractivity contribution in [2.45, 2.75) is 32.4 Å². The van der Waals surface area contributed by atoms with Crippen LogP contribution in [0.3, 0.4) is 0 Å². The third-order valence-electron chi connectivity index (χ3n) is 3.30. The van der Waals surface area contributed by atoms with Gasteiger partial charge in [-0.1, -0.05) is 0 Å². The Morgan fingerprint density at radius 1 is 1.41 bits per heavy atom. The topological polar surface area (TPSA) is 52.7 Å². The summed E-state index contributed by atoms with van der Waals surface area (Å²) in [4.78, 5) is 2.41. The molecule has 102 valence electrons. The molecule has 1 heterocycles. The van der Waals surface area contributed by atoms with Gasteiger partial charge < -0.3 is 5.32 Å². The van der Waals surface area contributed by atoms with Crippen LogP contribution in [-0.4, -0.2) is 69.2 Å². The number of nitrogens with zero attached hydrogens (tertiary/aromatic N) is 2. The summed E-state index contributed by atoms with van der Waals surface area (Å²) in [5.74, 6) is 0.179. The molecule has 6 heteroatoms. The molecule has 0 aromatic carbocycles. The van der Waals surface area contributed by atoms with E-state index in [-0.39, 0.29) is 5.75 Å². The summed E-state index contributed by atoms with van der Waals surface area (Å²) < 4.78 is 24.4. The van der Waals surface area contributed by atoms with Gasteiger partial charge in [-0.15, -0.1) is 0 Å². The highest BCUT2D eigenvalue weighted by atomic mass is 32.2. The second-order valence-electron chi connectivity index (χ2n) is 5.13. The summed E-state index contributed by atoms with van der Waals surface area (Å²) in [6.45, 7) is 7.06. The van der Waals surface area contributed by atoms with E-state index in [0.29, 0.717) is 18.6 Å². The molecule has 0 saturated carbocycles. The molecule has 1 aliphatic heterocycles. The standard InChI is InChI=1S/C11H25N3O2S/c1-10(2)14-7-5-11(9-14)12-6-8-17(15,16)13(3)4/h10-12H,5-9H2,1-4H3. The molecular weight excluding hydrogens is 238 g/mol. The Kier molecular flexibility index (Phi) is 5.37. The Balaban J connectivity index is 2.25. The molecule has 0 aromatic rings. The third-order valence-corrected chi connectivity index (χ3v) is 5.13. The van der Waals surface area contributed by atoms with Crippen LogP contribution in [0.5, 0.6) is 0 Å². The summed E-state index contributed by atoms with van der Waals surface area (Å²) in [6, 6.07) is 1.02. The molecule has 0 amide bonds. The number of likely N-dealkylation sites (tertiary alicyclic amines) is 1. The van der Waals surface area contributed by atoms with Gasteiger partial charge >= 0.3 is 0 Å². The predicted octanol–water partition coefficient (Wildman–Crippen LogP) is -0.0499. The summed E-state index contributed by atoms with van der Waals surface area (Å²) in [6.07, 6.45) is 1.11. The van der Waals surface area contributed by atoms with E-state index < -0.39 is 10.0 Å². The fourth-order valence-corrected chi connectivity index (χ4v) is 2.74. The normalized spacial score (nSPS) is 22.8. The van der Waals surface area contributed by atoms with Crippen molar-refractivity contribution in [3.05, 3.63) is 0 Å². The quantitative estimate of drug-likeness (QED) is 0.730. The van der Waals surface area contributed by atoms with E-state index >= 15 is 0 Å². The van der Waals surface area contributed by atoms with Crippen molar-refractivity contribution < 1.29 is 8.42 Å². The molecule has 1 saturated heterocycles. The second kappa shape index (κ2) is 6.13. The molecule has 17 heavy (non-hydrogen) atoms. The highest BCUT2D eigenvalue weighted by Crippen LogP contribution is 2.11. The maximum Gasteiger partial charge on any atom is 0.214 e. The largest absolute Gasteiger partial charge is 0.312 e. The molecule has 0 radical (unpaired) electrons. The fraction of sp³-hybridized carbons (Fsp3) is 1.00. The van der Waals surface area contributed by atoms with E-state index in [1.165, 1.54) is 4.31 Å². The Labute approximate surface area is 105 Å². The minimum atomic E-state index is -3.06. The lowest BCUT2D eigenvalue weighted by Crippen LogP contribution is -2.38. The highest BCUT2D eigenvalue weighted by Gasteiger charge is 2.24. The Morgan fingerprint density at radius 3 is 2.53 bits per heavy atom. The van der Waals surface area contributed by atoms with Crippen molar-refractivity contribution in [1.29, 1.82) is 0 Å². The summed E-state index contributed by atoms with van der Waals surface area (Å²) in [7, 11) is 0.0871.